The zero-order valence-electron chi connectivity index (χ0n) is 12.9. The molecule has 1 N–H and O–H groups in total. The number of imidazole rings is 1. The topological polar surface area (TPSA) is 64.4 Å². The Morgan fingerprint density at radius 2 is 2.00 bits per heavy atom. The van der Waals surface area contributed by atoms with Gasteiger partial charge in [-0.3, -0.25) is 4.79 Å². The summed E-state index contributed by atoms with van der Waals surface area (Å²) in [4.78, 5) is 15.5. The number of nitrogens with zero attached hydrogens (tertiary/aromatic N) is 2. The number of aromatic nitrogens is 2. The van der Waals surface area contributed by atoms with Crippen LogP contribution in [0.25, 0.3) is 11.0 Å². The fourth-order valence-corrected chi connectivity index (χ4v) is 2.64. The van der Waals surface area contributed by atoms with Gasteiger partial charge in [-0.2, -0.15) is 0 Å². The number of fused-ring (bicyclic) bond motifs is 1. The molecule has 0 saturated carbocycles. The molecule has 0 bridgehead atoms. The second-order valence-electron chi connectivity index (χ2n) is 5.27. The smallest absolute Gasteiger partial charge is 0.307 e. The lowest BCUT2D eigenvalue weighted by molar-refractivity contribution is -0.136. The summed E-state index contributed by atoms with van der Waals surface area (Å²) in [7, 11) is 0. The Bertz CT molecular complexity index is 825. The first-order valence-electron chi connectivity index (χ1n) is 7.55. The summed E-state index contributed by atoms with van der Waals surface area (Å²) in [5.74, 6) is 0.791. The molecule has 5 heteroatoms. The molecular weight excluding hydrogens is 292 g/mol. The maximum Gasteiger partial charge on any atom is 0.307 e. The molecule has 0 aliphatic heterocycles. The lowest BCUT2D eigenvalue weighted by atomic mass is 10.1. The van der Waals surface area contributed by atoms with E-state index in [1.165, 1.54) is 0 Å². The maximum atomic E-state index is 10.8. The third-order valence-corrected chi connectivity index (χ3v) is 3.67. The van der Waals surface area contributed by atoms with E-state index in [-0.39, 0.29) is 6.42 Å². The minimum Gasteiger partial charge on any atom is -0.486 e. The summed E-state index contributed by atoms with van der Waals surface area (Å²) in [6.45, 7) is 3.21. The van der Waals surface area contributed by atoms with E-state index in [2.05, 4.69) is 16.5 Å². The summed E-state index contributed by atoms with van der Waals surface area (Å²) in [5, 5.41) is 8.91. The van der Waals surface area contributed by atoms with Gasteiger partial charge in [0.15, 0.2) is 0 Å². The van der Waals surface area contributed by atoms with Crippen molar-refractivity contribution in [3.8, 4) is 5.75 Å². The van der Waals surface area contributed by atoms with Crippen molar-refractivity contribution >= 4 is 17.0 Å². The van der Waals surface area contributed by atoms with Crippen molar-refractivity contribution in [3.05, 3.63) is 59.9 Å². The number of aliphatic carboxylic acids is 1. The number of aryl methyl sites for hydroxylation is 1. The molecule has 0 fully saturated rings. The van der Waals surface area contributed by atoms with Crippen LogP contribution in [-0.4, -0.2) is 20.6 Å². The lowest BCUT2D eigenvalue weighted by Gasteiger charge is -2.08. The highest BCUT2D eigenvalue weighted by Gasteiger charge is 2.11. The summed E-state index contributed by atoms with van der Waals surface area (Å²) in [5.41, 5.74) is 2.55. The molecule has 1 aromatic heterocycles. The summed E-state index contributed by atoms with van der Waals surface area (Å²) < 4.78 is 7.87. The molecule has 0 radical (unpaired) electrons. The molecule has 0 saturated heterocycles. The Morgan fingerprint density at radius 3 is 2.70 bits per heavy atom. The van der Waals surface area contributed by atoms with Gasteiger partial charge in [-0.25, -0.2) is 4.98 Å². The van der Waals surface area contributed by atoms with Gasteiger partial charge in [-0.1, -0.05) is 24.3 Å². The lowest BCUT2D eigenvalue weighted by Crippen LogP contribution is -2.05. The van der Waals surface area contributed by atoms with Crippen LogP contribution in [0.15, 0.2) is 48.5 Å². The Labute approximate surface area is 134 Å². The van der Waals surface area contributed by atoms with E-state index in [1.54, 1.807) is 0 Å². The Morgan fingerprint density at radius 1 is 1.22 bits per heavy atom. The molecule has 3 aromatic rings. The third kappa shape index (κ3) is 3.34. The van der Waals surface area contributed by atoms with Crippen LogP contribution in [-0.2, 0) is 24.4 Å². The predicted molar refractivity (Wildman–Crippen MR) is 87.5 cm³/mol. The van der Waals surface area contributed by atoms with E-state index in [0.29, 0.717) is 6.61 Å². The number of carboxylic acid groups (broad SMARTS) is 1. The first kappa shape index (κ1) is 15.1. The fraction of sp³-hybridized carbons (Fsp3) is 0.222. The van der Waals surface area contributed by atoms with Crippen LogP contribution in [0.4, 0.5) is 0 Å². The second kappa shape index (κ2) is 6.52. The predicted octanol–water partition coefficient (Wildman–Crippen LogP) is 3.26. The van der Waals surface area contributed by atoms with Gasteiger partial charge in [-0.15, -0.1) is 0 Å². The van der Waals surface area contributed by atoms with E-state index in [1.807, 2.05) is 48.5 Å². The van der Waals surface area contributed by atoms with Gasteiger partial charge in [0.25, 0.3) is 0 Å². The van der Waals surface area contributed by atoms with E-state index in [4.69, 9.17) is 9.84 Å². The van der Waals surface area contributed by atoms with Gasteiger partial charge in [0.05, 0.1) is 17.5 Å². The molecule has 5 nitrogen and oxygen atoms in total. The summed E-state index contributed by atoms with van der Waals surface area (Å²) in [6, 6.07) is 15.2. The van der Waals surface area contributed by atoms with E-state index in [0.717, 1.165) is 34.7 Å². The highest BCUT2D eigenvalue weighted by Crippen LogP contribution is 2.20. The molecule has 23 heavy (non-hydrogen) atoms. The number of rotatable bonds is 6. The number of benzene rings is 2. The first-order valence-corrected chi connectivity index (χ1v) is 7.55. The monoisotopic (exact) mass is 310 g/mol. The van der Waals surface area contributed by atoms with Gasteiger partial charge in [-0.05, 0) is 36.8 Å². The maximum absolute atomic E-state index is 10.8. The summed E-state index contributed by atoms with van der Waals surface area (Å²) in [6.07, 6.45) is 0.00474. The molecule has 0 atom stereocenters. The molecule has 0 amide bonds. The minimum absolute atomic E-state index is 0.00474. The Balaban J connectivity index is 1.88. The standard InChI is InChI=1S/C18H18N2O3/c1-2-20-16-9-8-13(11-18(21)22)10-15(16)19-17(20)12-23-14-6-4-3-5-7-14/h3-10H,2,11-12H2,1H3,(H,21,22). The zero-order chi connectivity index (χ0) is 16.2. The van der Waals surface area contributed by atoms with Gasteiger partial charge in [0, 0.05) is 6.54 Å². The Kier molecular flexibility index (Phi) is 4.28. The molecular formula is C18H18N2O3. The average molecular weight is 310 g/mol. The van der Waals surface area contributed by atoms with Gasteiger partial charge in [0.1, 0.15) is 18.2 Å². The van der Waals surface area contributed by atoms with Crippen molar-refractivity contribution < 1.29 is 14.6 Å². The second-order valence-corrected chi connectivity index (χ2v) is 5.27. The van der Waals surface area contributed by atoms with Crippen LogP contribution in [0.1, 0.15) is 18.3 Å². The van der Waals surface area contributed by atoms with Gasteiger partial charge in [0.2, 0.25) is 0 Å². The minimum atomic E-state index is -0.841. The van der Waals surface area contributed by atoms with Crippen molar-refractivity contribution in [1.29, 1.82) is 0 Å². The first-order chi connectivity index (χ1) is 11.2. The number of para-hydroxylation sites is 1. The number of carboxylic acids is 1. The molecule has 2 aromatic carbocycles. The highest BCUT2D eigenvalue weighted by molar-refractivity contribution is 5.79. The van der Waals surface area contributed by atoms with Crippen LogP contribution in [0.3, 0.4) is 0 Å². The summed E-state index contributed by atoms with van der Waals surface area (Å²) >= 11 is 0. The fourth-order valence-electron chi connectivity index (χ4n) is 2.64. The zero-order valence-corrected chi connectivity index (χ0v) is 12.9. The number of carbonyl (C=O) groups is 1. The molecule has 0 unspecified atom stereocenters. The van der Waals surface area contributed by atoms with Crippen molar-refractivity contribution in [2.45, 2.75) is 26.5 Å². The molecule has 1 heterocycles. The average Bonchev–Trinajstić information content (AvgIpc) is 2.90. The van der Waals surface area contributed by atoms with Crippen molar-refractivity contribution in [2.24, 2.45) is 0 Å². The van der Waals surface area contributed by atoms with Crippen molar-refractivity contribution in [3.63, 3.8) is 0 Å². The number of hydrogen-bond donors (Lipinski definition) is 1. The van der Waals surface area contributed by atoms with E-state index < -0.39 is 5.97 Å². The van der Waals surface area contributed by atoms with Crippen LogP contribution in [0.2, 0.25) is 0 Å². The molecule has 0 aliphatic rings. The largest absolute Gasteiger partial charge is 0.486 e. The number of hydrogen-bond acceptors (Lipinski definition) is 3. The van der Waals surface area contributed by atoms with Gasteiger partial charge >= 0.3 is 5.97 Å². The van der Waals surface area contributed by atoms with Crippen LogP contribution in [0.5, 0.6) is 5.75 Å². The SMILES string of the molecule is CCn1c(COc2ccccc2)nc2cc(CC(=O)O)ccc21. The molecule has 118 valence electrons. The highest BCUT2D eigenvalue weighted by atomic mass is 16.5. The number of ether oxygens (including phenoxy) is 1. The van der Waals surface area contributed by atoms with E-state index >= 15 is 0 Å². The molecule has 0 aliphatic carbocycles. The van der Waals surface area contributed by atoms with Crippen molar-refractivity contribution in [2.75, 3.05) is 0 Å². The van der Waals surface area contributed by atoms with Gasteiger partial charge < -0.3 is 14.4 Å². The van der Waals surface area contributed by atoms with Crippen LogP contribution >= 0.6 is 0 Å². The molecule has 3 rings (SSSR count). The van der Waals surface area contributed by atoms with Crippen LogP contribution in [0, 0.1) is 0 Å². The van der Waals surface area contributed by atoms with Crippen LogP contribution < -0.4 is 4.74 Å². The quantitative estimate of drug-likeness (QED) is 0.759. The Hall–Kier alpha value is -2.82. The normalized spacial score (nSPS) is 10.8. The third-order valence-electron chi connectivity index (χ3n) is 3.67. The molecule has 0 spiro atoms. The van der Waals surface area contributed by atoms with E-state index in [9.17, 15) is 4.79 Å². The van der Waals surface area contributed by atoms with Crippen molar-refractivity contribution in [1.82, 2.24) is 9.55 Å².